The number of hydrogen-bond donors (Lipinski definition) is 1. The van der Waals surface area contributed by atoms with Crippen LogP contribution in [-0.2, 0) is 13.1 Å². The number of halogens is 2. The van der Waals surface area contributed by atoms with Crippen LogP contribution in [0, 0.1) is 5.82 Å². The van der Waals surface area contributed by atoms with Crippen LogP contribution in [0.5, 0.6) is 0 Å². The van der Waals surface area contributed by atoms with Crippen molar-refractivity contribution in [2.45, 2.75) is 20.0 Å². The molecule has 0 saturated carbocycles. The van der Waals surface area contributed by atoms with Gasteiger partial charge in [-0.3, -0.25) is 0 Å². The third-order valence-electron chi connectivity index (χ3n) is 3.39. The Hall–Kier alpha value is -1.39. The van der Waals surface area contributed by atoms with Gasteiger partial charge in [-0.1, -0.05) is 47.1 Å². The molecule has 0 spiro atoms. The average Bonchev–Trinajstić information content (AvgIpc) is 2.48. The fraction of sp³-hybridized carbons (Fsp3) is 0.294. The Bertz CT molecular complexity index is 601. The van der Waals surface area contributed by atoms with Crippen LogP contribution in [0.1, 0.15) is 18.1 Å². The van der Waals surface area contributed by atoms with Gasteiger partial charge in [-0.15, -0.1) is 0 Å². The Labute approximate surface area is 134 Å². The molecule has 0 heterocycles. The first-order valence-corrected chi connectivity index (χ1v) is 7.84. The van der Waals surface area contributed by atoms with E-state index in [1.807, 2.05) is 25.2 Å². The number of nitrogens with one attached hydrogen (secondary N) is 1. The zero-order valence-corrected chi connectivity index (χ0v) is 14.0. The lowest BCUT2D eigenvalue weighted by molar-refractivity contribution is 0.607. The SMILES string of the molecule is CCNCc1ccc(Br)cc1N(C)Cc1ccccc1F. The number of anilines is 1. The third-order valence-corrected chi connectivity index (χ3v) is 3.88. The molecule has 0 fully saturated rings. The van der Waals surface area contributed by atoms with E-state index >= 15 is 0 Å². The molecular weight excluding hydrogens is 331 g/mol. The molecule has 0 atom stereocenters. The molecule has 0 aliphatic carbocycles. The van der Waals surface area contributed by atoms with Gasteiger partial charge in [-0.05, 0) is 30.3 Å². The average molecular weight is 351 g/mol. The maximum atomic E-state index is 13.8. The van der Waals surface area contributed by atoms with Crippen LogP contribution >= 0.6 is 15.9 Å². The van der Waals surface area contributed by atoms with Gasteiger partial charge in [0, 0.05) is 35.9 Å². The van der Waals surface area contributed by atoms with Crippen molar-refractivity contribution in [1.82, 2.24) is 5.32 Å². The summed E-state index contributed by atoms with van der Waals surface area (Å²) in [5.74, 6) is -0.160. The first-order chi connectivity index (χ1) is 10.1. The summed E-state index contributed by atoms with van der Waals surface area (Å²) in [6.45, 7) is 4.36. The topological polar surface area (TPSA) is 15.3 Å². The quantitative estimate of drug-likeness (QED) is 0.833. The summed E-state index contributed by atoms with van der Waals surface area (Å²) in [5.41, 5.74) is 3.02. The van der Waals surface area contributed by atoms with Gasteiger partial charge < -0.3 is 10.2 Å². The van der Waals surface area contributed by atoms with E-state index in [1.54, 1.807) is 6.07 Å². The molecule has 0 aliphatic heterocycles. The molecule has 2 aromatic rings. The predicted molar refractivity (Wildman–Crippen MR) is 90.0 cm³/mol. The maximum absolute atomic E-state index is 13.8. The number of nitrogens with zero attached hydrogens (tertiary/aromatic N) is 1. The van der Waals surface area contributed by atoms with Crippen LogP contribution in [0.15, 0.2) is 46.9 Å². The van der Waals surface area contributed by atoms with Crippen molar-refractivity contribution in [3.05, 3.63) is 63.9 Å². The summed E-state index contributed by atoms with van der Waals surface area (Å²) in [4.78, 5) is 2.08. The molecule has 0 saturated heterocycles. The van der Waals surface area contributed by atoms with Gasteiger partial charge in [0.25, 0.3) is 0 Å². The highest BCUT2D eigenvalue weighted by Crippen LogP contribution is 2.26. The van der Waals surface area contributed by atoms with E-state index in [2.05, 4.69) is 45.2 Å². The second-order valence-corrected chi connectivity index (χ2v) is 5.92. The van der Waals surface area contributed by atoms with Crippen LogP contribution in [0.25, 0.3) is 0 Å². The zero-order valence-electron chi connectivity index (χ0n) is 12.4. The lowest BCUT2D eigenvalue weighted by Crippen LogP contribution is -2.21. The smallest absolute Gasteiger partial charge is 0.128 e. The van der Waals surface area contributed by atoms with Gasteiger partial charge in [0.15, 0.2) is 0 Å². The van der Waals surface area contributed by atoms with Gasteiger partial charge in [-0.25, -0.2) is 4.39 Å². The second kappa shape index (κ2) is 7.57. The van der Waals surface area contributed by atoms with E-state index in [9.17, 15) is 4.39 Å². The van der Waals surface area contributed by atoms with Crippen molar-refractivity contribution in [2.24, 2.45) is 0 Å². The molecule has 0 unspecified atom stereocenters. The maximum Gasteiger partial charge on any atom is 0.128 e. The highest BCUT2D eigenvalue weighted by Gasteiger charge is 2.10. The van der Waals surface area contributed by atoms with E-state index in [4.69, 9.17) is 0 Å². The second-order valence-electron chi connectivity index (χ2n) is 5.00. The van der Waals surface area contributed by atoms with Crippen LogP contribution in [-0.4, -0.2) is 13.6 Å². The third kappa shape index (κ3) is 4.29. The van der Waals surface area contributed by atoms with Crippen LogP contribution in [0.3, 0.4) is 0 Å². The molecule has 2 nitrogen and oxygen atoms in total. The molecular formula is C17H20BrFN2. The Morgan fingerprint density at radius 1 is 1.14 bits per heavy atom. The summed E-state index contributed by atoms with van der Waals surface area (Å²) >= 11 is 3.51. The van der Waals surface area contributed by atoms with Crippen molar-refractivity contribution < 1.29 is 4.39 Å². The van der Waals surface area contributed by atoms with Crippen molar-refractivity contribution in [2.75, 3.05) is 18.5 Å². The zero-order chi connectivity index (χ0) is 15.2. The molecule has 0 aromatic heterocycles. The summed E-state index contributed by atoms with van der Waals surface area (Å²) in [6.07, 6.45) is 0. The van der Waals surface area contributed by atoms with Crippen LogP contribution < -0.4 is 10.2 Å². The van der Waals surface area contributed by atoms with E-state index in [-0.39, 0.29) is 5.82 Å². The number of rotatable bonds is 6. The molecule has 2 aromatic carbocycles. The Kier molecular flexibility index (Phi) is 5.76. The summed E-state index contributed by atoms with van der Waals surface area (Å²) in [5, 5.41) is 3.34. The lowest BCUT2D eigenvalue weighted by Gasteiger charge is -2.23. The summed E-state index contributed by atoms with van der Waals surface area (Å²) in [7, 11) is 1.99. The minimum Gasteiger partial charge on any atom is -0.370 e. The molecule has 0 bridgehead atoms. The minimum atomic E-state index is -0.160. The highest BCUT2D eigenvalue weighted by atomic mass is 79.9. The fourth-order valence-corrected chi connectivity index (χ4v) is 2.62. The first-order valence-electron chi connectivity index (χ1n) is 7.05. The highest BCUT2D eigenvalue weighted by molar-refractivity contribution is 9.10. The molecule has 0 radical (unpaired) electrons. The lowest BCUT2D eigenvalue weighted by atomic mass is 10.1. The molecule has 1 N–H and O–H groups in total. The van der Waals surface area contributed by atoms with Crippen LogP contribution in [0.2, 0.25) is 0 Å². The van der Waals surface area contributed by atoms with Crippen LogP contribution in [0.4, 0.5) is 10.1 Å². The van der Waals surface area contributed by atoms with E-state index in [0.717, 1.165) is 23.2 Å². The summed E-state index contributed by atoms with van der Waals surface area (Å²) < 4.78 is 14.8. The monoisotopic (exact) mass is 350 g/mol. The fourth-order valence-electron chi connectivity index (χ4n) is 2.27. The van der Waals surface area contributed by atoms with Gasteiger partial charge in [0.05, 0.1) is 0 Å². The number of hydrogen-bond acceptors (Lipinski definition) is 2. The van der Waals surface area contributed by atoms with Gasteiger partial charge in [0.1, 0.15) is 5.82 Å². The molecule has 0 aliphatic rings. The van der Waals surface area contributed by atoms with Gasteiger partial charge >= 0.3 is 0 Å². The van der Waals surface area contributed by atoms with Crippen molar-refractivity contribution in [1.29, 1.82) is 0 Å². The molecule has 0 amide bonds. The first kappa shape index (κ1) is 16.0. The van der Waals surface area contributed by atoms with Gasteiger partial charge in [-0.2, -0.15) is 0 Å². The Balaban J connectivity index is 2.23. The molecule has 21 heavy (non-hydrogen) atoms. The van der Waals surface area contributed by atoms with E-state index < -0.39 is 0 Å². The summed E-state index contributed by atoms with van der Waals surface area (Å²) in [6, 6.07) is 13.1. The number of benzene rings is 2. The normalized spacial score (nSPS) is 10.7. The van der Waals surface area contributed by atoms with Gasteiger partial charge in [0.2, 0.25) is 0 Å². The molecule has 112 valence electrons. The van der Waals surface area contributed by atoms with Crippen molar-refractivity contribution in [3.8, 4) is 0 Å². The predicted octanol–water partition coefficient (Wildman–Crippen LogP) is 4.33. The molecule has 2 rings (SSSR count). The molecule has 4 heteroatoms. The van der Waals surface area contributed by atoms with E-state index in [0.29, 0.717) is 12.1 Å². The van der Waals surface area contributed by atoms with E-state index in [1.165, 1.54) is 11.6 Å². The standard InChI is InChI=1S/C17H20BrFN2/c1-3-20-11-13-8-9-15(18)10-17(13)21(2)12-14-6-4-5-7-16(14)19/h4-10,20H,3,11-12H2,1-2H3. The van der Waals surface area contributed by atoms with Crippen molar-refractivity contribution in [3.63, 3.8) is 0 Å². The Morgan fingerprint density at radius 2 is 1.90 bits per heavy atom. The van der Waals surface area contributed by atoms with Crippen molar-refractivity contribution >= 4 is 21.6 Å². The minimum absolute atomic E-state index is 0.160. The largest absolute Gasteiger partial charge is 0.370 e. The Morgan fingerprint density at radius 3 is 2.62 bits per heavy atom.